The quantitative estimate of drug-likeness (QED) is 0.648. The van der Waals surface area contributed by atoms with Crippen molar-refractivity contribution in [2.75, 3.05) is 19.8 Å². The van der Waals surface area contributed by atoms with Gasteiger partial charge in [0.05, 0.1) is 13.2 Å². The molecule has 0 saturated carbocycles. The lowest BCUT2D eigenvalue weighted by Gasteiger charge is -2.21. The van der Waals surface area contributed by atoms with E-state index in [1.165, 1.54) is 0 Å². The Morgan fingerprint density at radius 3 is 2.65 bits per heavy atom. The summed E-state index contributed by atoms with van der Waals surface area (Å²) in [5.41, 5.74) is 0. The maximum absolute atomic E-state index is 9.94. The van der Waals surface area contributed by atoms with E-state index in [4.69, 9.17) is 14.2 Å². The van der Waals surface area contributed by atoms with Crippen LogP contribution in [0, 0.1) is 0 Å². The van der Waals surface area contributed by atoms with E-state index in [-0.39, 0.29) is 13.2 Å². The fourth-order valence-corrected chi connectivity index (χ4v) is 1.88. The van der Waals surface area contributed by atoms with E-state index in [1.54, 1.807) is 13.8 Å². The summed E-state index contributed by atoms with van der Waals surface area (Å²) in [4.78, 5) is 0. The van der Waals surface area contributed by atoms with Crippen LogP contribution < -0.4 is 0 Å². The van der Waals surface area contributed by atoms with E-state index in [0.29, 0.717) is 6.61 Å². The molecule has 1 saturated heterocycles. The van der Waals surface area contributed by atoms with Gasteiger partial charge in [-0.05, 0) is 20.3 Å². The molecule has 0 aromatic rings. The van der Waals surface area contributed by atoms with Gasteiger partial charge in [0.2, 0.25) is 0 Å². The average Bonchev–Trinajstić information content (AvgIpc) is 2.60. The summed E-state index contributed by atoms with van der Waals surface area (Å²) < 4.78 is 16.4. The van der Waals surface area contributed by atoms with E-state index in [2.05, 4.69) is 6.92 Å². The highest BCUT2D eigenvalue weighted by Gasteiger charge is 2.44. The van der Waals surface area contributed by atoms with E-state index >= 15 is 0 Å². The summed E-state index contributed by atoms with van der Waals surface area (Å²) in [5, 5.41) is 19.1. The van der Waals surface area contributed by atoms with Gasteiger partial charge in [-0.2, -0.15) is 0 Å². The van der Waals surface area contributed by atoms with Crippen LogP contribution in [-0.4, -0.2) is 54.1 Å². The van der Waals surface area contributed by atoms with Crippen molar-refractivity contribution in [3.05, 3.63) is 0 Å². The molecule has 0 bridgehead atoms. The first-order chi connectivity index (χ1) is 8.00. The van der Waals surface area contributed by atoms with Gasteiger partial charge in [0.15, 0.2) is 5.79 Å². The second-order valence-electron chi connectivity index (χ2n) is 4.82. The second-order valence-corrected chi connectivity index (χ2v) is 4.82. The molecule has 1 fully saturated rings. The van der Waals surface area contributed by atoms with E-state index in [0.717, 1.165) is 12.8 Å². The lowest BCUT2D eigenvalue weighted by molar-refractivity contribution is -0.160. The Bertz CT molecular complexity index is 219. The number of hydrogen-bond donors (Lipinski definition) is 2. The molecule has 0 unspecified atom stereocenters. The van der Waals surface area contributed by atoms with E-state index in [9.17, 15) is 10.2 Å². The number of hydrogen-bond acceptors (Lipinski definition) is 5. The Morgan fingerprint density at radius 2 is 2.06 bits per heavy atom. The third-order valence-corrected chi connectivity index (χ3v) is 2.71. The van der Waals surface area contributed by atoms with Crippen LogP contribution in [0.15, 0.2) is 0 Å². The molecule has 5 nitrogen and oxygen atoms in total. The zero-order chi connectivity index (χ0) is 12.9. The van der Waals surface area contributed by atoms with Crippen LogP contribution in [0.3, 0.4) is 0 Å². The number of rotatable bonds is 7. The van der Waals surface area contributed by atoms with Gasteiger partial charge >= 0.3 is 0 Å². The minimum absolute atomic E-state index is 0.167. The summed E-state index contributed by atoms with van der Waals surface area (Å²) in [6.07, 6.45) is 0.243. The third-order valence-electron chi connectivity index (χ3n) is 2.71. The minimum atomic E-state index is -0.772. The van der Waals surface area contributed by atoms with Gasteiger partial charge < -0.3 is 24.4 Å². The molecular formula is C12H24O5. The normalized spacial score (nSPS) is 29.5. The van der Waals surface area contributed by atoms with Crippen molar-refractivity contribution in [2.24, 2.45) is 0 Å². The van der Waals surface area contributed by atoms with Crippen molar-refractivity contribution in [1.82, 2.24) is 0 Å². The Balaban J connectivity index is 2.37. The monoisotopic (exact) mass is 248 g/mol. The number of aliphatic hydroxyl groups is 2. The topological polar surface area (TPSA) is 68.2 Å². The van der Waals surface area contributed by atoms with Crippen molar-refractivity contribution in [1.29, 1.82) is 0 Å². The Labute approximate surface area is 103 Å². The first-order valence-corrected chi connectivity index (χ1v) is 6.22. The van der Waals surface area contributed by atoms with Crippen LogP contribution in [0.25, 0.3) is 0 Å². The maximum Gasteiger partial charge on any atom is 0.164 e. The first kappa shape index (κ1) is 14.9. The summed E-state index contributed by atoms with van der Waals surface area (Å²) in [6.45, 7) is 6.29. The number of ether oxygens (including phenoxy) is 3. The largest absolute Gasteiger partial charge is 0.394 e. The summed E-state index contributed by atoms with van der Waals surface area (Å²) >= 11 is 0. The molecule has 0 aromatic carbocycles. The molecule has 1 aliphatic rings. The molecule has 3 atom stereocenters. The lowest BCUT2D eigenvalue weighted by Crippen LogP contribution is -2.40. The van der Waals surface area contributed by atoms with Crippen LogP contribution in [0.2, 0.25) is 0 Å². The van der Waals surface area contributed by atoms with Gasteiger partial charge in [-0.1, -0.05) is 13.3 Å². The van der Waals surface area contributed by atoms with Gasteiger partial charge in [0.1, 0.15) is 18.3 Å². The molecule has 0 aliphatic carbocycles. The molecule has 0 aromatic heterocycles. The molecule has 1 heterocycles. The molecule has 0 amide bonds. The summed E-state index contributed by atoms with van der Waals surface area (Å²) in [6, 6.07) is 0. The molecule has 1 rings (SSSR count). The second kappa shape index (κ2) is 6.66. The molecule has 2 N–H and O–H groups in total. The Morgan fingerprint density at radius 1 is 1.35 bits per heavy atom. The lowest BCUT2D eigenvalue weighted by atomic mass is 10.1. The van der Waals surface area contributed by atoms with Crippen molar-refractivity contribution < 1.29 is 24.4 Å². The van der Waals surface area contributed by atoms with Gasteiger partial charge in [0, 0.05) is 6.61 Å². The van der Waals surface area contributed by atoms with Gasteiger partial charge in [-0.15, -0.1) is 0 Å². The van der Waals surface area contributed by atoms with Gasteiger partial charge in [0.25, 0.3) is 0 Å². The first-order valence-electron chi connectivity index (χ1n) is 6.22. The zero-order valence-corrected chi connectivity index (χ0v) is 10.9. The minimum Gasteiger partial charge on any atom is -0.394 e. The smallest absolute Gasteiger partial charge is 0.164 e. The van der Waals surface area contributed by atoms with Crippen molar-refractivity contribution >= 4 is 0 Å². The van der Waals surface area contributed by atoms with E-state index in [1.807, 2.05) is 0 Å². The van der Waals surface area contributed by atoms with Crippen LogP contribution >= 0.6 is 0 Å². The fraction of sp³-hybridized carbons (Fsp3) is 1.00. The molecule has 0 radical (unpaired) electrons. The fourth-order valence-electron chi connectivity index (χ4n) is 1.88. The molecule has 17 heavy (non-hydrogen) atoms. The summed E-state index contributed by atoms with van der Waals surface area (Å²) in [7, 11) is 0. The van der Waals surface area contributed by atoms with E-state index < -0.39 is 24.1 Å². The highest BCUT2D eigenvalue weighted by atomic mass is 16.8. The zero-order valence-electron chi connectivity index (χ0n) is 10.9. The Kier molecular flexibility index (Phi) is 5.82. The molecule has 5 heteroatoms. The number of aliphatic hydroxyl groups excluding tert-OH is 2. The predicted molar refractivity (Wildman–Crippen MR) is 62.6 cm³/mol. The Hall–Kier alpha value is -0.200. The predicted octanol–water partition coefficient (Wildman–Crippen LogP) is 0.676. The maximum atomic E-state index is 9.94. The SMILES string of the molecule is CCCCOC[C@H](O)[C@H]1OC(C)(C)O[C@@H]1CO. The standard InChI is InChI=1S/C12H24O5/c1-4-5-6-15-8-9(14)11-10(7-13)16-12(2,3)17-11/h9-11,13-14H,4-8H2,1-3H3/t9-,10+,11+/m0/s1. The van der Waals surface area contributed by atoms with Gasteiger partial charge in [-0.3, -0.25) is 0 Å². The van der Waals surface area contributed by atoms with Crippen LogP contribution in [-0.2, 0) is 14.2 Å². The van der Waals surface area contributed by atoms with Crippen LogP contribution in [0.1, 0.15) is 33.6 Å². The highest BCUT2D eigenvalue weighted by molar-refractivity contribution is 4.86. The average molecular weight is 248 g/mol. The number of unbranched alkanes of at least 4 members (excludes halogenated alkanes) is 1. The van der Waals surface area contributed by atoms with Crippen LogP contribution in [0.5, 0.6) is 0 Å². The molecular weight excluding hydrogens is 224 g/mol. The molecule has 1 aliphatic heterocycles. The third kappa shape index (κ3) is 4.52. The molecule has 102 valence electrons. The van der Waals surface area contributed by atoms with Crippen molar-refractivity contribution in [3.63, 3.8) is 0 Å². The van der Waals surface area contributed by atoms with Crippen molar-refractivity contribution in [3.8, 4) is 0 Å². The highest BCUT2D eigenvalue weighted by Crippen LogP contribution is 2.29. The van der Waals surface area contributed by atoms with Crippen molar-refractivity contribution in [2.45, 2.75) is 57.7 Å². The van der Waals surface area contributed by atoms with Gasteiger partial charge in [-0.25, -0.2) is 0 Å². The summed E-state index contributed by atoms with van der Waals surface area (Å²) in [5.74, 6) is -0.761. The van der Waals surface area contributed by atoms with Crippen LogP contribution in [0.4, 0.5) is 0 Å². The molecule has 0 spiro atoms.